The minimum atomic E-state index is -0.269. The lowest BCUT2D eigenvalue weighted by molar-refractivity contribution is -0.141. The third-order valence-electron chi connectivity index (χ3n) is 4.60. The fraction of sp³-hybridized carbons (Fsp3) is 0.579. The maximum absolute atomic E-state index is 13.2. The van der Waals surface area contributed by atoms with E-state index in [4.69, 9.17) is 0 Å². The fourth-order valence-corrected chi connectivity index (χ4v) is 3.23. The van der Waals surface area contributed by atoms with Crippen LogP contribution in [-0.2, 0) is 20.7 Å². The van der Waals surface area contributed by atoms with E-state index in [0.29, 0.717) is 25.2 Å². The van der Waals surface area contributed by atoms with Gasteiger partial charge in [0.1, 0.15) is 5.82 Å². The van der Waals surface area contributed by atoms with Crippen LogP contribution in [0.4, 0.5) is 4.39 Å². The van der Waals surface area contributed by atoms with Crippen LogP contribution in [0.2, 0.25) is 0 Å². The summed E-state index contributed by atoms with van der Waals surface area (Å²) in [6.45, 7) is 1.57. The Labute approximate surface area is 143 Å². The lowest BCUT2D eigenvalue weighted by Crippen LogP contribution is -2.40. The van der Waals surface area contributed by atoms with Gasteiger partial charge in [0.15, 0.2) is 0 Å². The molecule has 132 valence electrons. The molecule has 1 amide bonds. The minimum Gasteiger partial charge on any atom is -0.469 e. The van der Waals surface area contributed by atoms with E-state index >= 15 is 0 Å². The van der Waals surface area contributed by atoms with E-state index in [1.807, 2.05) is 11.0 Å². The molecule has 0 spiro atoms. The molecule has 1 atom stereocenters. The Morgan fingerprint density at radius 3 is 2.92 bits per heavy atom. The molecule has 1 aromatic carbocycles. The van der Waals surface area contributed by atoms with Crippen molar-refractivity contribution in [3.63, 3.8) is 0 Å². The van der Waals surface area contributed by atoms with Crippen LogP contribution in [0.15, 0.2) is 24.3 Å². The van der Waals surface area contributed by atoms with Gasteiger partial charge in [0.2, 0.25) is 5.91 Å². The Balaban J connectivity index is 1.74. The number of piperidine rings is 1. The number of rotatable bonds is 7. The van der Waals surface area contributed by atoms with Gasteiger partial charge in [-0.25, -0.2) is 4.39 Å². The van der Waals surface area contributed by atoms with E-state index in [0.717, 1.165) is 44.3 Å². The SMILES string of the molecule is COC(=O)CCCC(=O)N1CCCC(CCc2cccc(F)c2)C1. The van der Waals surface area contributed by atoms with Gasteiger partial charge < -0.3 is 9.64 Å². The number of ether oxygens (including phenoxy) is 1. The molecule has 2 rings (SSSR count). The molecule has 0 aliphatic carbocycles. The Hall–Kier alpha value is -1.91. The first kappa shape index (κ1) is 18.4. The molecule has 1 aliphatic heterocycles. The van der Waals surface area contributed by atoms with Gasteiger partial charge in [0.05, 0.1) is 7.11 Å². The van der Waals surface area contributed by atoms with Gasteiger partial charge in [-0.3, -0.25) is 9.59 Å². The topological polar surface area (TPSA) is 46.6 Å². The number of halogens is 1. The average molecular weight is 335 g/mol. The highest BCUT2D eigenvalue weighted by Gasteiger charge is 2.23. The van der Waals surface area contributed by atoms with Gasteiger partial charge in [-0.15, -0.1) is 0 Å². The van der Waals surface area contributed by atoms with Crippen molar-refractivity contribution in [2.75, 3.05) is 20.2 Å². The van der Waals surface area contributed by atoms with Gasteiger partial charge in [-0.05, 0) is 55.7 Å². The Kier molecular flexibility index (Phi) is 7.22. The molecule has 5 heteroatoms. The summed E-state index contributed by atoms with van der Waals surface area (Å²) in [5.41, 5.74) is 1.01. The molecule has 0 N–H and O–H groups in total. The molecule has 0 radical (unpaired) electrons. The lowest BCUT2D eigenvalue weighted by atomic mass is 9.91. The number of benzene rings is 1. The van der Waals surface area contributed by atoms with Gasteiger partial charge in [-0.2, -0.15) is 0 Å². The number of aryl methyl sites for hydroxylation is 1. The monoisotopic (exact) mass is 335 g/mol. The largest absolute Gasteiger partial charge is 0.469 e. The number of amides is 1. The molecule has 1 heterocycles. The lowest BCUT2D eigenvalue weighted by Gasteiger charge is -2.33. The molecule has 1 aromatic rings. The average Bonchev–Trinajstić information content (AvgIpc) is 2.60. The zero-order valence-electron chi connectivity index (χ0n) is 14.3. The number of nitrogens with zero attached hydrogens (tertiary/aromatic N) is 1. The minimum absolute atomic E-state index is 0.120. The zero-order chi connectivity index (χ0) is 17.4. The normalized spacial score (nSPS) is 17.6. The Morgan fingerprint density at radius 1 is 1.33 bits per heavy atom. The number of esters is 1. The number of hydrogen-bond donors (Lipinski definition) is 0. The highest BCUT2D eigenvalue weighted by molar-refractivity contribution is 5.77. The number of carbonyl (C=O) groups excluding carboxylic acids is 2. The molecule has 1 fully saturated rings. The highest BCUT2D eigenvalue weighted by Crippen LogP contribution is 2.22. The highest BCUT2D eigenvalue weighted by atomic mass is 19.1. The molecule has 1 aliphatic rings. The van der Waals surface area contributed by atoms with Crippen LogP contribution >= 0.6 is 0 Å². The molecule has 1 unspecified atom stereocenters. The molecular weight excluding hydrogens is 309 g/mol. The van der Waals surface area contributed by atoms with E-state index in [1.165, 1.54) is 13.2 Å². The van der Waals surface area contributed by atoms with Gasteiger partial charge >= 0.3 is 5.97 Å². The van der Waals surface area contributed by atoms with Crippen molar-refractivity contribution in [1.82, 2.24) is 4.90 Å². The first-order valence-electron chi connectivity index (χ1n) is 8.67. The van der Waals surface area contributed by atoms with Crippen molar-refractivity contribution in [2.24, 2.45) is 5.92 Å². The zero-order valence-corrected chi connectivity index (χ0v) is 14.3. The van der Waals surface area contributed by atoms with Crippen molar-refractivity contribution in [2.45, 2.75) is 44.9 Å². The van der Waals surface area contributed by atoms with Crippen molar-refractivity contribution >= 4 is 11.9 Å². The number of methoxy groups -OCH3 is 1. The van der Waals surface area contributed by atoms with Gasteiger partial charge in [0, 0.05) is 25.9 Å². The molecule has 0 saturated carbocycles. The van der Waals surface area contributed by atoms with Crippen LogP contribution in [0.1, 0.15) is 44.1 Å². The van der Waals surface area contributed by atoms with Crippen LogP contribution in [0.25, 0.3) is 0 Å². The van der Waals surface area contributed by atoms with E-state index in [1.54, 1.807) is 12.1 Å². The van der Waals surface area contributed by atoms with Crippen LogP contribution in [0, 0.1) is 11.7 Å². The molecule has 0 bridgehead atoms. The van der Waals surface area contributed by atoms with E-state index < -0.39 is 0 Å². The first-order chi connectivity index (χ1) is 11.6. The summed E-state index contributed by atoms with van der Waals surface area (Å²) in [6, 6.07) is 6.72. The summed E-state index contributed by atoms with van der Waals surface area (Å²) in [5, 5.41) is 0. The third-order valence-corrected chi connectivity index (χ3v) is 4.60. The second-order valence-electron chi connectivity index (χ2n) is 6.45. The van der Waals surface area contributed by atoms with Crippen LogP contribution in [-0.4, -0.2) is 37.0 Å². The molecular formula is C19H26FNO3. The number of carbonyl (C=O) groups is 2. The van der Waals surface area contributed by atoms with Gasteiger partial charge in [-0.1, -0.05) is 12.1 Å². The predicted octanol–water partition coefficient (Wildman–Crippen LogP) is 3.34. The summed E-state index contributed by atoms with van der Waals surface area (Å²) in [6.07, 6.45) is 5.15. The maximum atomic E-state index is 13.2. The molecule has 0 aromatic heterocycles. The first-order valence-corrected chi connectivity index (χ1v) is 8.67. The summed E-state index contributed by atoms with van der Waals surface area (Å²) in [7, 11) is 1.36. The van der Waals surface area contributed by atoms with Gasteiger partial charge in [0.25, 0.3) is 0 Å². The number of likely N-dealkylation sites (tertiary alicyclic amines) is 1. The standard InChI is InChI=1S/C19H26FNO3/c1-24-19(23)9-3-8-18(22)21-12-4-6-16(14-21)11-10-15-5-2-7-17(20)13-15/h2,5,7,13,16H,3-4,6,8-12,14H2,1H3. The maximum Gasteiger partial charge on any atom is 0.305 e. The van der Waals surface area contributed by atoms with E-state index in [9.17, 15) is 14.0 Å². The van der Waals surface area contributed by atoms with Crippen LogP contribution < -0.4 is 0 Å². The molecule has 4 nitrogen and oxygen atoms in total. The fourth-order valence-electron chi connectivity index (χ4n) is 3.23. The second-order valence-corrected chi connectivity index (χ2v) is 6.45. The Bertz CT molecular complexity index is 561. The number of hydrogen-bond acceptors (Lipinski definition) is 3. The smallest absolute Gasteiger partial charge is 0.305 e. The van der Waals surface area contributed by atoms with Crippen molar-refractivity contribution in [3.8, 4) is 0 Å². The summed E-state index contributed by atoms with van der Waals surface area (Å²) < 4.78 is 17.8. The predicted molar refractivity (Wildman–Crippen MR) is 89.9 cm³/mol. The summed E-state index contributed by atoms with van der Waals surface area (Å²) in [4.78, 5) is 25.3. The Morgan fingerprint density at radius 2 is 2.17 bits per heavy atom. The van der Waals surface area contributed by atoms with Crippen LogP contribution in [0.5, 0.6) is 0 Å². The van der Waals surface area contributed by atoms with E-state index in [-0.39, 0.29) is 17.7 Å². The molecule has 24 heavy (non-hydrogen) atoms. The second kappa shape index (κ2) is 9.40. The quantitative estimate of drug-likeness (QED) is 0.718. The van der Waals surface area contributed by atoms with Crippen molar-refractivity contribution < 1.29 is 18.7 Å². The third kappa shape index (κ3) is 5.95. The summed E-state index contributed by atoms with van der Waals surface area (Å²) >= 11 is 0. The van der Waals surface area contributed by atoms with E-state index in [2.05, 4.69) is 4.74 Å². The van der Waals surface area contributed by atoms with Crippen molar-refractivity contribution in [1.29, 1.82) is 0 Å². The van der Waals surface area contributed by atoms with Crippen LogP contribution in [0.3, 0.4) is 0 Å². The van der Waals surface area contributed by atoms with Crippen molar-refractivity contribution in [3.05, 3.63) is 35.6 Å². The summed E-state index contributed by atoms with van der Waals surface area (Å²) in [5.74, 6) is 0.119. The molecule has 1 saturated heterocycles.